The third-order valence-corrected chi connectivity index (χ3v) is 5.58. The van der Waals surface area contributed by atoms with E-state index in [1.165, 1.54) is 31.1 Å². The van der Waals surface area contributed by atoms with E-state index in [4.69, 9.17) is 10.3 Å². The minimum Gasteiger partial charge on any atom is -0.337 e. The molecule has 142 valence electrons. The highest BCUT2D eigenvalue weighted by atomic mass is 32.2. The molecule has 1 aromatic carbocycles. The first kappa shape index (κ1) is 19.0. The fraction of sp³-hybridized carbons (Fsp3) is 0.556. The van der Waals surface area contributed by atoms with Crippen LogP contribution in [0.2, 0.25) is 0 Å². The van der Waals surface area contributed by atoms with Gasteiger partial charge in [-0.05, 0) is 44.0 Å². The molecule has 7 nitrogen and oxygen atoms in total. The Balaban J connectivity index is 1.67. The maximum absolute atomic E-state index is 11.3. The molecule has 0 radical (unpaired) electrons. The number of rotatable bonds is 7. The zero-order valence-electron chi connectivity index (χ0n) is 15.1. The second kappa shape index (κ2) is 8.28. The molecule has 0 aliphatic carbocycles. The van der Waals surface area contributed by atoms with Gasteiger partial charge < -0.3 is 10.3 Å². The van der Waals surface area contributed by atoms with E-state index in [-0.39, 0.29) is 18.1 Å². The summed E-state index contributed by atoms with van der Waals surface area (Å²) >= 11 is 0. The number of likely N-dealkylation sites (tertiary alicyclic amines) is 1. The van der Waals surface area contributed by atoms with Gasteiger partial charge in [0.15, 0.2) is 0 Å². The molecule has 1 aliphatic heterocycles. The number of aromatic nitrogens is 2. The highest BCUT2D eigenvalue weighted by Gasteiger charge is 2.18. The maximum Gasteiger partial charge on any atom is 0.243 e. The van der Waals surface area contributed by atoms with E-state index in [0.29, 0.717) is 5.82 Å². The van der Waals surface area contributed by atoms with E-state index in [1.807, 2.05) is 12.1 Å². The molecule has 1 aliphatic rings. The van der Waals surface area contributed by atoms with Gasteiger partial charge in [0.2, 0.25) is 11.7 Å². The summed E-state index contributed by atoms with van der Waals surface area (Å²) < 4.78 is 27.8. The van der Waals surface area contributed by atoms with E-state index >= 15 is 0 Å². The summed E-state index contributed by atoms with van der Waals surface area (Å²) in [7, 11) is -3.07. The van der Waals surface area contributed by atoms with Crippen molar-refractivity contribution in [2.75, 3.05) is 25.1 Å². The van der Waals surface area contributed by atoms with Crippen molar-refractivity contribution in [1.29, 1.82) is 0 Å². The van der Waals surface area contributed by atoms with E-state index in [1.54, 1.807) is 0 Å². The van der Waals surface area contributed by atoms with Crippen LogP contribution in [-0.2, 0) is 16.4 Å². The lowest BCUT2D eigenvalue weighted by molar-refractivity contribution is 0.221. The monoisotopic (exact) mass is 378 g/mol. The van der Waals surface area contributed by atoms with Gasteiger partial charge in [-0.1, -0.05) is 29.8 Å². The van der Waals surface area contributed by atoms with Crippen molar-refractivity contribution in [3.63, 3.8) is 0 Å². The normalized spacial score (nSPS) is 17.3. The van der Waals surface area contributed by atoms with Crippen LogP contribution in [0.3, 0.4) is 0 Å². The Labute approximate surface area is 154 Å². The number of hydrogen-bond donors (Lipinski definition) is 1. The molecule has 2 N–H and O–H groups in total. The highest BCUT2D eigenvalue weighted by molar-refractivity contribution is 7.90. The Morgan fingerprint density at radius 1 is 1.27 bits per heavy atom. The van der Waals surface area contributed by atoms with E-state index in [9.17, 15) is 8.42 Å². The summed E-state index contributed by atoms with van der Waals surface area (Å²) in [5, 5.41) is 4.01. The smallest absolute Gasteiger partial charge is 0.243 e. The first-order chi connectivity index (χ1) is 12.4. The molecule has 0 saturated carbocycles. The van der Waals surface area contributed by atoms with Gasteiger partial charge in [-0.3, -0.25) is 4.90 Å². The molecule has 8 heteroatoms. The van der Waals surface area contributed by atoms with Crippen molar-refractivity contribution < 1.29 is 12.9 Å². The van der Waals surface area contributed by atoms with E-state index < -0.39 is 15.9 Å². The quantitative estimate of drug-likeness (QED) is 0.787. The molecule has 0 spiro atoms. The summed E-state index contributed by atoms with van der Waals surface area (Å²) in [6, 6.07) is 7.54. The summed E-state index contributed by atoms with van der Waals surface area (Å²) in [6.07, 6.45) is 5.29. The zero-order valence-corrected chi connectivity index (χ0v) is 15.9. The Morgan fingerprint density at radius 3 is 2.77 bits per heavy atom. The number of piperidine rings is 1. The van der Waals surface area contributed by atoms with Crippen LogP contribution in [0.25, 0.3) is 11.4 Å². The van der Waals surface area contributed by atoms with E-state index in [0.717, 1.165) is 25.2 Å². The van der Waals surface area contributed by atoms with Gasteiger partial charge in [-0.2, -0.15) is 4.98 Å². The summed E-state index contributed by atoms with van der Waals surface area (Å²) in [5.41, 5.74) is 8.08. The lowest BCUT2D eigenvalue weighted by atomic mass is 10.1. The minimum atomic E-state index is -3.07. The molecule has 1 atom stereocenters. The third kappa shape index (κ3) is 5.36. The second-order valence-electron chi connectivity index (χ2n) is 7.02. The largest absolute Gasteiger partial charge is 0.337 e. The number of nitrogens with two attached hydrogens (primary N) is 1. The molecular formula is C18H26N4O3S. The fourth-order valence-corrected chi connectivity index (χ4v) is 3.83. The van der Waals surface area contributed by atoms with Gasteiger partial charge in [0.1, 0.15) is 9.84 Å². The summed E-state index contributed by atoms with van der Waals surface area (Å²) in [5.74, 6) is 0.748. The van der Waals surface area contributed by atoms with E-state index in [2.05, 4.69) is 27.2 Å². The molecule has 3 rings (SSSR count). The standard InChI is InChI=1S/C18H26N4O3S/c1-26(23,24)11-8-16(19)18-20-17(21-25-18)15-7-5-6-14(12-15)13-22-9-3-2-4-10-22/h5-7,12,16H,2-4,8-11,13,19H2,1H3/t16-/m0/s1. The molecule has 26 heavy (non-hydrogen) atoms. The highest BCUT2D eigenvalue weighted by Crippen LogP contribution is 2.22. The zero-order chi connectivity index (χ0) is 18.6. The van der Waals surface area contributed by atoms with Crippen LogP contribution in [0.15, 0.2) is 28.8 Å². The fourth-order valence-electron chi connectivity index (χ4n) is 3.15. The van der Waals surface area contributed by atoms with Crippen LogP contribution in [-0.4, -0.2) is 48.6 Å². The van der Waals surface area contributed by atoms with Gasteiger partial charge in [0.25, 0.3) is 0 Å². The van der Waals surface area contributed by atoms with Crippen molar-refractivity contribution in [3.8, 4) is 11.4 Å². The number of sulfone groups is 1. The number of benzene rings is 1. The molecule has 1 fully saturated rings. The molecule has 2 heterocycles. The van der Waals surface area contributed by atoms with Crippen LogP contribution < -0.4 is 5.73 Å². The van der Waals surface area contributed by atoms with Gasteiger partial charge in [0.05, 0.1) is 11.8 Å². The molecule has 0 bridgehead atoms. The molecular weight excluding hydrogens is 352 g/mol. The maximum atomic E-state index is 11.3. The summed E-state index contributed by atoms with van der Waals surface area (Å²) in [4.78, 5) is 6.82. The van der Waals surface area contributed by atoms with Crippen LogP contribution in [0.1, 0.15) is 43.2 Å². The summed E-state index contributed by atoms with van der Waals surface area (Å²) in [6.45, 7) is 3.21. The third-order valence-electron chi connectivity index (χ3n) is 4.60. The predicted octanol–water partition coefficient (Wildman–Crippen LogP) is 2.16. The van der Waals surface area contributed by atoms with Gasteiger partial charge in [-0.25, -0.2) is 8.42 Å². The van der Waals surface area contributed by atoms with Crippen molar-refractivity contribution in [3.05, 3.63) is 35.7 Å². The molecule has 1 aromatic heterocycles. The number of hydrogen-bond acceptors (Lipinski definition) is 7. The van der Waals surface area contributed by atoms with Crippen molar-refractivity contribution in [2.45, 2.75) is 38.3 Å². The Morgan fingerprint density at radius 2 is 2.04 bits per heavy atom. The molecule has 2 aromatic rings. The van der Waals surface area contributed by atoms with Crippen LogP contribution in [0.5, 0.6) is 0 Å². The first-order valence-corrected chi connectivity index (χ1v) is 11.1. The Hall–Kier alpha value is -1.77. The SMILES string of the molecule is CS(=O)(=O)CC[C@H](N)c1nc(-c2cccc(CN3CCCCC3)c2)no1. The van der Waals surface area contributed by atoms with Crippen LogP contribution in [0.4, 0.5) is 0 Å². The predicted molar refractivity (Wildman–Crippen MR) is 100 cm³/mol. The lowest BCUT2D eigenvalue weighted by Gasteiger charge is -2.26. The first-order valence-electron chi connectivity index (χ1n) is 8.99. The topological polar surface area (TPSA) is 102 Å². The van der Waals surface area contributed by atoms with Crippen molar-refractivity contribution >= 4 is 9.84 Å². The van der Waals surface area contributed by atoms with Gasteiger partial charge >= 0.3 is 0 Å². The van der Waals surface area contributed by atoms with Gasteiger partial charge in [-0.15, -0.1) is 0 Å². The Bertz CT molecular complexity index is 828. The average Bonchev–Trinajstić information content (AvgIpc) is 3.10. The van der Waals surface area contributed by atoms with Crippen molar-refractivity contribution in [1.82, 2.24) is 15.0 Å². The molecule has 0 amide bonds. The minimum absolute atomic E-state index is 0.00278. The van der Waals surface area contributed by atoms with Crippen LogP contribution in [0, 0.1) is 0 Å². The second-order valence-corrected chi connectivity index (χ2v) is 9.28. The van der Waals surface area contributed by atoms with Crippen molar-refractivity contribution in [2.24, 2.45) is 5.73 Å². The molecule has 1 saturated heterocycles. The molecule has 0 unspecified atom stereocenters. The average molecular weight is 378 g/mol. The van der Waals surface area contributed by atoms with Gasteiger partial charge in [0, 0.05) is 18.4 Å². The van der Waals surface area contributed by atoms with Crippen LogP contribution >= 0.6 is 0 Å². The Kier molecular flexibility index (Phi) is 6.05. The lowest BCUT2D eigenvalue weighted by Crippen LogP contribution is -2.29. The number of nitrogens with zero attached hydrogens (tertiary/aromatic N) is 3.